The van der Waals surface area contributed by atoms with Crippen LogP contribution < -0.4 is 16.0 Å². The largest absolute Gasteiger partial charge is 0.493 e. The fourth-order valence-corrected chi connectivity index (χ4v) is 3.41. The number of rotatable bonds is 5. The summed E-state index contributed by atoms with van der Waals surface area (Å²) < 4.78 is 11.2. The SMILES string of the molecule is NNC(Cc1cc(Cl)cc2c1OCC2)CC1CCOC1. The highest BCUT2D eigenvalue weighted by Gasteiger charge is 2.23. The number of halogens is 1. The van der Waals surface area contributed by atoms with E-state index in [1.54, 1.807) is 0 Å². The van der Waals surface area contributed by atoms with Gasteiger partial charge in [0.15, 0.2) is 0 Å². The maximum Gasteiger partial charge on any atom is 0.125 e. The van der Waals surface area contributed by atoms with Gasteiger partial charge < -0.3 is 9.47 Å². The zero-order chi connectivity index (χ0) is 13.9. The molecule has 1 aromatic carbocycles. The molecule has 0 aromatic heterocycles. The molecule has 0 bridgehead atoms. The van der Waals surface area contributed by atoms with Crippen molar-refractivity contribution in [2.75, 3.05) is 19.8 Å². The molecule has 2 unspecified atom stereocenters. The zero-order valence-electron chi connectivity index (χ0n) is 11.5. The Morgan fingerprint density at radius 2 is 2.30 bits per heavy atom. The molecule has 4 nitrogen and oxygen atoms in total. The van der Waals surface area contributed by atoms with E-state index in [0.717, 1.165) is 61.8 Å². The molecular weight excluding hydrogens is 276 g/mol. The van der Waals surface area contributed by atoms with Crippen molar-refractivity contribution < 1.29 is 9.47 Å². The van der Waals surface area contributed by atoms with Crippen molar-refractivity contribution in [2.45, 2.75) is 31.7 Å². The van der Waals surface area contributed by atoms with Crippen molar-refractivity contribution in [3.63, 3.8) is 0 Å². The third-order valence-corrected chi connectivity index (χ3v) is 4.39. The molecule has 5 heteroatoms. The van der Waals surface area contributed by atoms with E-state index in [0.29, 0.717) is 5.92 Å². The van der Waals surface area contributed by atoms with Gasteiger partial charge in [0.1, 0.15) is 5.75 Å². The van der Waals surface area contributed by atoms with Crippen molar-refractivity contribution >= 4 is 11.6 Å². The van der Waals surface area contributed by atoms with Gasteiger partial charge in [0.05, 0.1) is 6.61 Å². The Balaban J connectivity index is 1.72. The van der Waals surface area contributed by atoms with Crippen LogP contribution in [-0.4, -0.2) is 25.9 Å². The van der Waals surface area contributed by atoms with Gasteiger partial charge >= 0.3 is 0 Å². The quantitative estimate of drug-likeness (QED) is 0.645. The van der Waals surface area contributed by atoms with E-state index in [1.807, 2.05) is 12.1 Å². The molecule has 0 spiro atoms. The van der Waals surface area contributed by atoms with E-state index < -0.39 is 0 Å². The smallest absolute Gasteiger partial charge is 0.125 e. The predicted molar refractivity (Wildman–Crippen MR) is 79.0 cm³/mol. The molecule has 2 heterocycles. The summed E-state index contributed by atoms with van der Waals surface area (Å²) in [7, 11) is 0. The molecule has 0 amide bonds. The summed E-state index contributed by atoms with van der Waals surface area (Å²) in [4.78, 5) is 0. The Morgan fingerprint density at radius 3 is 3.05 bits per heavy atom. The highest BCUT2D eigenvalue weighted by Crippen LogP contribution is 2.34. The van der Waals surface area contributed by atoms with Gasteiger partial charge in [-0.3, -0.25) is 11.3 Å². The first-order valence-electron chi connectivity index (χ1n) is 7.24. The molecule has 0 aliphatic carbocycles. The van der Waals surface area contributed by atoms with Crippen LogP contribution in [0.1, 0.15) is 24.0 Å². The maximum atomic E-state index is 6.20. The van der Waals surface area contributed by atoms with Gasteiger partial charge in [0.2, 0.25) is 0 Å². The number of fused-ring (bicyclic) bond motifs is 1. The number of nitrogens with one attached hydrogen (secondary N) is 1. The molecular formula is C15H21ClN2O2. The molecule has 20 heavy (non-hydrogen) atoms. The molecule has 2 aliphatic heterocycles. The number of hydrazine groups is 1. The van der Waals surface area contributed by atoms with Gasteiger partial charge in [0.25, 0.3) is 0 Å². The molecule has 2 aliphatic rings. The number of benzene rings is 1. The van der Waals surface area contributed by atoms with Crippen molar-refractivity contribution in [3.8, 4) is 5.75 Å². The van der Waals surface area contributed by atoms with E-state index in [2.05, 4.69) is 5.43 Å². The second-order valence-electron chi connectivity index (χ2n) is 5.68. The van der Waals surface area contributed by atoms with Gasteiger partial charge in [-0.15, -0.1) is 0 Å². The fourth-order valence-electron chi connectivity index (χ4n) is 3.15. The summed E-state index contributed by atoms with van der Waals surface area (Å²) in [5.41, 5.74) is 5.31. The van der Waals surface area contributed by atoms with Gasteiger partial charge in [0, 0.05) is 30.7 Å². The van der Waals surface area contributed by atoms with Crippen molar-refractivity contribution in [3.05, 3.63) is 28.3 Å². The fraction of sp³-hybridized carbons (Fsp3) is 0.600. The van der Waals surface area contributed by atoms with Crippen LogP contribution in [0.4, 0.5) is 0 Å². The molecule has 0 saturated carbocycles. The Kier molecular flexibility index (Phi) is 4.46. The Morgan fingerprint density at radius 1 is 1.40 bits per heavy atom. The molecule has 3 N–H and O–H groups in total. The highest BCUT2D eigenvalue weighted by atomic mass is 35.5. The van der Waals surface area contributed by atoms with Crippen LogP contribution in [0, 0.1) is 5.92 Å². The number of ether oxygens (including phenoxy) is 2. The third-order valence-electron chi connectivity index (χ3n) is 4.17. The van der Waals surface area contributed by atoms with Crippen LogP contribution in [-0.2, 0) is 17.6 Å². The summed E-state index contributed by atoms with van der Waals surface area (Å²) >= 11 is 6.20. The minimum Gasteiger partial charge on any atom is -0.493 e. The molecule has 2 atom stereocenters. The highest BCUT2D eigenvalue weighted by molar-refractivity contribution is 6.30. The predicted octanol–water partition coefficient (Wildman–Crippen LogP) is 2.08. The average molecular weight is 297 g/mol. The minimum atomic E-state index is 0.230. The monoisotopic (exact) mass is 296 g/mol. The van der Waals surface area contributed by atoms with Gasteiger partial charge in [-0.2, -0.15) is 0 Å². The Bertz CT molecular complexity index is 475. The number of hydrogen-bond donors (Lipinski definition) is 2. The first-order valence-corrected chi connectivity index (χ1v) is 7.62. The van der Waals surface area contributed by atoms with E-state index >= 15 is 0 Å². The van der Waals surface area contributed by atoms with Crippen LogP contribution in [0.15, 0.2) is 12.1 Å². The Hall–Kier alpha value is -0.810. The van der Waals surface area contributed by atoms with E-state index in [4.69, 9.17) is 26.9 Å². The summed E-state index contributed by atoms with van der Waals surface area (Å²) in [5, 5.41) is 0.782. The summed E-state index contributed by atoms with van der Waals surface area (Å²) in [5.74, 6) is 7.33. The second-order valence-corrected chi connectivity index (χ2v) is 6.12. The number of hydrogen-bond acceptors (Lipinski definition) is 4. The van der Waals surface area contributed by atoms with E-state index in [9.17, 15) is 0 Å². The zero-order valence-corrected chi connectivity index (χ0v) is 12.3. The van der Waals surface area contributed by atoms with Gasteiger partial charge in [-0.1, -0.05) is 11.6 Å². The lowest BCUT2D eigenvalue weighted by molar-refractivity contribution is 0.181. The lowest BCUT2D eigenvalue weighted by Crippen LogP contribution is -2.38. The van der Waals surface area contributed by atoms with Crippen LogP contribution in [0.5, 0.6) is 5.75 Å². The summed E-state index contributed by atoms with van der Waals surface area (Å²) in [6.45, 7) is 2.47. The van der Waals surface area contributed by atoms with Crippen LogP contribution in [0.2, 0.25) is 5.02 Å². The summed E-state index contributed by atoms with van der Waals surface area (Å²) in [6.07, 6.45) is 3.94. The Labute approximate surface area is 124 Å². The topological polar surface area (TPSA) is 56.5 Å². The van der Waals surface area contributed by atoms with Gasteiger partial charge in [-0.25, -0.2) is 0 Å². The molecule has 110 valence electrons. The van der Waals surface area contributed by atoms with Crippen molar-refractivity contribution in [1.82, 2.24) is 5.43 Å². The van der Waals surface area contributed by atoms with Crippen LogP contribution in [0.25, 0.3) is 0 Å². The normalized spacial score (nSPS) is 22.6. The van der Waals surface area contributed by atoms with Crippen molar-refractivity contribution in [2.24, 2.45) is 11.8 Å². The van der Waals surface area contributed by atoms with Crippen LogP contribution >= 0.6 is 11.6 Å². The molecule has 1 aromatic rings. The number of nitrogens with two attached hydrogens (primary N) is 1. The van der Waals surface area contributed by atoms with Gasteiger partial charge in [-0.05, 0) is 48.4 Å². The first kappa shape index (κ1) is 14.1. The third kappa shape index (κ3) is 3.09. The van der Waals surface area contributed by atoms with E-state index in [-0.39, 0.29) is 6.04 Å². The molecule has 0 radical (unpaired) electrons. The molecule has 3 rings (SSSR count). The lowest BCUT2D eigenvalue weighted by atomic mass is 9.94. The van der Waals surface area contributed by atoms with E-state index in [1.165, 1.54) is 5.56 Å². The standard InChI is InChI=1S/C15H21ClN2O2/c16-13-6-11-2-4-20-15(11)12(7-13)8-14(18-17)5-10-1-3-19-9-10/h6-7,10,14,18H,1-5,8-9,17H2. The molecule has 1 fully saturated rings. The minimum absolute atomic E-state index is 0.230. The second kappa shape index (κ2) is 6.31. The van der Waals surface area contributed by atoms with Crippen LogP contribution in [0.3, 0.4) is 0 Å². The molecule has 1 saturated heterocycles. The van der Waals surface area contributed by atoms with Crippen molar-refractivity contribution in [1.29, 1.82) is 0 Å². The lowest BCUT2D eigenvalue weighted by Gasteiger charge is -2.20. The maximum absolute atomic E-state index is 6.20. The average Bonchev–Trinajstić information content (AvgIpc) is 3.08. The first-order chi connectivity index (χ1) is 9.76. The summed E-state index contributed by atoms with van der Waals surface area (Å²) in [6, 6.07) is 4.23.